The van der Waals surface area contributed by atoms with E-state index in [0.29, 0.717) is 0 Å². The topological polar surface area (TPSA) is 30.7 Å². The zero-order chi connectivity index (χ0) is 14.0. The maximum absolute atomic E-state index is 12.1. The fraction of sp³-hybridized carbons (Fsp3) is 0.333. The summed E-state index contributed by atoms with van der Waals surface area (Å²) in [6.45, 7) is 12.7. The average molecular weight is 273 g/mol. The van der Waals surface area contributed by atoms with Gasteiger partial charge in [0.15, 0.2) is 0 Å². The molecule has 0 aliphatic heterocycles. The van der Waals surface area contributed by atoms with E-state index < -0.39 is 17.6 Å². The van der Waals surface area contributed by atoms with Gasteiger partial charge in [0.25, 0.3) is 0 Å². The van der Waals surface area contributed by atoms with Crippen molar-refractivity contribution >= 4 is 27.4 Å². The van der Waals surface area contributed by atoms with E-state index in [1.807, 2.05) is 29.6 Å². The minimum Gasteiger partial charge on any atom is -0.454 e. The van der Waals surface area contributed by atoms with Gasteiger partial charge < -0.3 is 4.74 Å². The lowest BCUT2D eigenvalue weighted by Crippen LogP contribution is -2.26. The van der Waals surface area contributed by atoms with E-state index >= 15 is 0 Å². The van der Waals surface area contributed by atoms with Crippen molar-refractivity contribution in [1.29, 1.82) is 0 Å². The van der Waals surface area contributed by atoms with Crippen molar-refractivity contribution in [2.45, 2.75) is 32.4 Å². The van der Waals surface area contributed by atoms with Crippen LogP contribution >= 0.6 is 11.3 Å². The lowest BCUT2D eigenvalue weighted by atomic mass is 10.0. The molecule has 1 atom stereocenters. The molecule has 1 heterocycles. The lowest BCUT2D eigenvalue weighted by Gasteiger charge is -2.20. The first kappa shape index (κ1) is 13.6. The summed E-state index contributed by atoms with van der Waals surface area (Å²) in [6, 6.07) is 6.73. The molecule has 98 valence electrons. The van der Waals surface area contributed by atoms with E-state index in [1.54, 1.807) is 32.1 Å². The molecule has 19 heavy (non-hydrogen) atoms. The lowest BCUT2D eigenvalue weighted by molar-refractivity contribution is -0.155. The molecular formula is C15H15NO2S. The Morgan fingerprint density at radius 3 is 2.74 bits per heavy atom. The number of hydrogen-bond acceptors (Lipinski definition) is 3. The highest BCUT2D eigenvalue weighted by Gasteiger charge is 2.32. The van der Waals surface area contributed by atoms with Gasteiger partial charge in [-0.1, -0.05) is 6.07 Å². The number of carbonyl (C=O) groups is 1. The summed E-state index contributed by atoms with van der Waals surface area (Å²) in [6.07, 6.45) is 0. The Bertz CT molecular complexity index is 646. The van der Waals surface area contributed by atoms with Gasteiger partial charge in [-0.15, -0.1) is 11.3 Å². The molecule has 0 radical (unpaired) electrons. The minimum absolute atomic E-state index is 0.485. The highest BCUT2D eigenvalue weighted by molar-refractivity contribution is 7.17. The molecule has 2 aromatic rings. The number of nitrogens with zero attached hydrogens (tertiary/aromatic N) is 1. The molecule has 1 aromatic carbocycles. The smallest absolute Gasteiger partial charge is 0.395 e. The zero-order valence-corrected chi connectivity index (χ0v) is 12.0. The van der Waals surface area contributed by atoms with Crippen LogP contribution in [0.5, 0.6) is 0 Å². The van der Waals surface area contributed by atoms with Crippen LogP contribution in [0, 0.1) is 6.57 Å². The Hall–Kier alpha value is -1.86. The van der Waals surface area contributed by atoms with Crippen LogP contribution in [0.1, 0.15) is 32.4 Å². The summed E-state index contributed by atoms with van der Waals surface area (Å²) in [5.41, 5.74) is 0.144. The highest BCUT2D eigenvalue weighted by atomic mass is 32.1. The van der Waals surface area contributed by atoms with Crippen molar-refractivity contribution in [3.05, 3.63) is 46.6 Å². The third kappa shape index (κ3) is 2.94. The van der Waals surface area contributed by atoms with E-state index in [9.17, 15) is 4.79 Å². The third-order valence-electron chi connectivity index (χ3n) is 2.58. The van der Waals surface area contributed by atoms with Crippen LogP contribution in [0.2, 0.25) is 0 Å². The summed E-state index contributed by atoms with van der Waals surface area (Å²) in [7, 11) is 0. The largest absolute Gasteiger partial charge is 0.454 e. The van der Waals surface area contributed by atoms with Gasteiger partial charge in [-0.25, -0.2) is 11.4 Å². The van der Waals surface area contributed by atoms with Crippen molar-refractivity contribution in [2.75, 3.05) is 0 Å². The molecule has 4 heteroatoms. The first-order valence-electron chi connectivity index (χ1n) is 5.98. The van der Waals surface area contributed by atoms with E-state index in [-0.39, 0.29) is 0 Å². The maximum Gasteiger partial charge on any atom is 0.395 e. The summed E-state index contributed by atoms with van der Waals surface area (Å²) in [4.78, 5) is 15.6. The van der Waals surface area contributed by atoms with Gasteiger partial charge in [-0.2, -0.15) is 0 Å². The fourth-order valence-corrected chi connectivity index (χ4v) is 2.68. The molecule has 3 nitrogen and oxygen atoms in total. The number of ether oxygens (including phenoxy) is 1. The van der Waals surface area contributed by atoms with Gasteiger partial charge in [-0.3, -0.25) is 4.85 Å². The van der Waals surface area contributed by atoms with Crippen molar-refractivity contribution in [1.82, 2.24) is 0 Å². The normalized spacial score (nSPS) is 12.9. The molecule has 0 spiro atoms. The van der Waals surface area contributed by atoms with Crippen LogP contribution in [-0.4, -0.2) is 11.6 Å². The predicted molar refractivity (Wildman–Crippen MR) is 77.0 cm³/mol. The molecular weight excluding hydrogens is 258 g/mol. The van der Waals surface area contributed by atoms with Crippen LogP contribution in [0.3, 0.4) is 0 Å². The molecule has 2 rings (SSSR count). The van der Waals surface area contributed by atoms with Crippen LogP contribution in [-0.2, 0) is 9.53 Å². The average Bonchev–Trinajstić information content (AvgIpc) is 2.76. The van der Waals surface area contributed by atoms with E-state index in [2.05, 4.69) is 4.85 Å². The van der Waals surface area contributed by atoms with Crippen molar-refractivity contribution < 1.29 is 9.53 Å². The molecule has 0 amide bonds. The molecule has 0 aliphatic carbocycles. The number of thiophene rings is 1. The van der Waals surface area contributed by atoms with Gasteiger partial charge in [0.1, 0.15) is 5.60 Å². The van der Waals surface area contributed by atoms with Gasteiger partial charge in [0.05, 0.1) is 5.56 Å². The predicted octanol–water partition coefficient (Wildman–Crippen LogP) is 4.20. The Labute approximate surface area is 116 Å². The van der Waals surface area contributed by atoms with Gasteiger partial charge in [-0.05, 0) is 44.4 Å². The first-order valence-corrected chi connectivity index (χ1v) is 6.86. The van der Waals surface area contributed by atoms with E-state index in [0.717, 1.165) is 15.6 Å². The summed E-state index contributed by atoms with van der Waals surface area (Å²) < 4.78 is 6.40. The number of fused-ring (bicyclic) bond motifs is 1. The zero-order valence-electron chi connectivity index (χ0n) is 11.1. The second-order valence-electron chi connectivity index (χ2n) is 5.24. The number of rotatable bonds is 2. The number of hydrogen-bond donors (Lipinski definition) is 0. The second-order valence-corrected chi connectivity index (χ2v) is 6.19. The Morgan fingerprint density at radius 2 is 2.11 bits per heavy atom. The van der Waals surface area contributed by atoms with Crippen molar-refractivity contribution in [2.24, 2.45) is 0 Å². The van der Waals surface area contributed by atoms with Crippen LogP contribution in [0.25, 0.3) is 14.9 Å². The number of benzene rings is 1. The Kier molecular flexibility index (Phi) is 3.59. The first-order chi connectivity index (χ1) is 8.92. The van der Waals surface area contributed by atoms with Gasteiger partial charge in [0, 0.05) is 10.1 Å². The maximum atomic E-state index is 12.1. The molecule has 0 saturated carbocycles. The Balaban J connectivity index is 2.40. The number of carbonyl (C=O) groups excluding carboxylic acids is 1. The minimum atomic E-state index is -0.891. The fourth-order valence-electron chi connectivity index (χ4n) is 1.86. The van der Waals surface area contributed by atoms with Crippen LogP contribution in [0.4, 0.5) is 0 Å². The van der Waals surface area contributed by atoms with Gasteiger partial charge >= 0.3 is 12.0 Å². The Morgan fingerprint density at radius 1 is 1.37 bits per heavy atom. The SMILES string of the molecule is [C-]#[N+]C(C(=O)OC(C)(C)C)c1cccc2sccc12. The van der Waals surface area contributed by atoms with Crippen LogP contribution < -0.4 is 0 Å². The highest BCUT2D eigenvalue weighted by Crippen LogP contribution is 2.31. The summed E-state index contributed by atoms with van der Waals surface area (Å²) in [5.74, 6) is -0.485. The standard InChI is InChI=1S/C15H15NO2S/c1-15(2,3)18-14(17)13(16-4)11-6-5-7-12-10(11)8-9-19-12/h5-9,13H,1-3H3. The summed E-state index contributed by atoms with van der Waals surface area (Å²) >= 11 is 1.60. The molecule has 0 aliphatic rings. The van der Waals surface area contributed by atoms with Crippen molar-refractivity contribution in [3.63, 3.8) is 0 Å². The molecule has 0 N–H and O–H groups in total. The number of esters is 1. The van der Waals surface area contributed by atoms with Crippen molar-refractivity contribution in [3.8, 4) is 0 Å². The second kappa shape index (κ2) is 5.02. The molecule has 0 bridgehead atoms. The monoisotopic (exact) mass is 273 g/mol. The molecule has 1 unspecified atom stereocenters. The van der Waals surface area contributed by atoms with Crippen LogP contribution in [0.15, 0.2) is 29.6 Å². The van der Waals surface area contributed by atoms with E-state index in [4.69, 9.17) is 11.3 Å². The van der Waals surface area contributed by atoms with E-state index in [1.165, 1.54) is 0 Å². The molecule has 1 aromatic heterocycles. The molecule has 0 saturated heterocycles. The van der Waals surface area contributed by atoms with Gasteiger partial charge in [0.2, 0.25) is 0 Å². The summed E-state index contributed by atoms with van der Waals surface area (Å²) in [5, 5.41) is 2.92. The molecule has 0 fully saturated rings. The third-order valence-corrected chi connectivity index (χ3v) is 3.47. The quantitative estimate of drug-likeness (QED) is 0.606.